The van der Waals surface area contributed by atoms with Gasteiger partial charge in [0.1, 0.15) is 10.4 Å². The molecule has 6 nitrogen and oxygen atoms in total. The maximum Gasteiger partial charge on any atom is 0.417 e. The lowest BCUT2D eigenvalue weighted by molar-refractivity contribution is -0.137. The zero-order valence-electron chi connectivity index (χ0n) is 17.3. The molecule has 1 N–H and O–H groups in total. The number of halogens is 3. The number of thiophene rings is 1. The van der Waals surface area contributed by atoms with Gasteiger partial charge in [-0.1, -0.05) is 0 Å². The number of anilines is 2. The summed E-state index contributed by atoms with van der Waals surface area (Å²) >= 11 is 1.36. The zero-order chi connectivity index (χ0) is 23.8. The monoisotopic (exact) mass is 465 g/mol. The Bertz CT molecular complexity index is 1440. The smallest absolute Gasteiger partial charge is 0.417 e. The SMILES string of the molecule is Cc1cc(C#N)cc(C)c1Oc1nc(Nc2ccc(C#N)c(C(F)(F)F)c2)nc2ccsc12. The van der Waals surface area contributed by atoms with Crippen LogP contribution in [0.2, 0.25) is 0 Å². The number of hydrogen-bond acceptors (Lipinski definition) is 7. The maximum atomic E-state index is 13.3. The summed E-state index contributed by atoms with van der Waals surface area (Å²) in [5, 5.41) is 22.7. The van der Waals surface area contributed by atoms with Crippen LogP contribution in [0, 0.1) is 36.5 Å². The van der Waals surface area contributed by atoms with E-state index in [9.17, 15) is 13.2 Å². The van der Waals surface area contributed by atoms with E-state index < -0.39 is 17.3 Å². The fourth-order valence-electron chi connectivity index (χ4n) is 3.32. The highest BCUT2D eigenvalue weighted by atomic mass is 32.1. The van der Waals surface area contributed by atoms with Crippen LogP contribution >= 0.6 is 11.3 Å². The summed E-state index contributed by atoms with van der Waals surface area (Å²) in [6.45, 7) is 3.62. The van der Waals surface area contributed by atoms with Crippen LogP contribution in [0.15, 0.2) is 41.8 Å². The van der Waals surface area contributed by atoms with Gasteiger partial charge in [0.2, 0.25) is 11.8 Å². The molecule has 0 unspecified atom stereocenters. The fourth-order valence-corrected chi connectivity index (χ4v) is 4.07. The molecule has 0 amide bonds. The molecule has 4 aromatic rings. The van der Waals surface area contributed by atoms with Gasteiger partial charge >= 0.3 is 6.18 Å². The molecule has 0 saturated carbocycles. The molecule has 0 aliphatic carbocycles. The molecule has 0 radical (unpaired) electrons. The van der Waals surface area contributed by atoms with Crippen LogP contribution < -0.4 is 10.1 Å². The normalized spacial score (nSPS) is 11.1. The fraction of sp³-hybridized carbons (Fsp3) is 0.130. The standard InChI is InChI=1S/C23H14F3N5OS/c1-12-7-14(10-27)8-13(2)19(12)32-21-20-18(5-6-33-20)30-22(31-21)29-16-4-3-15(11-28)17(9-16)23(24,25)26/h3-9H,1-2H3,(H,29,30,31). The number of benzene rings is 2. The molecule has 33 heavy (non-hydrogen) atoms. The highest BCUT2D eigenvalue weighted by Gasteiger charge is 2.34. The summed E-state index contributed by atoms with van der Waals surface area (Å²) in [4.78, 5) is 8.74. The third-order valence-corrected chi connectivity index (χ3v) is 5.65. The quantitative estimate of drug-likeness (QED) is 0.365. The van der Waals surface area contributed by atoms with Gasteiger partial charge in [-0.15, -0.1) is 11.3 Å². The summed E-state index contributed by atoms with van der Waals surface area (Å²) < 4.78 is 46.7. The second-order valence-corrected chi connectivity index (χ2v) is 8.05. The van der Waals surface area contributed by atoms with Gasteiger partial charge in [-0.3, -0.25) is 0 Å². The third-order valence-electron chi connectivity index (χ3n) is 4.76. The van der Waals surface area contributed by atoms with Gasteiger partial charge in [-0.05, 0) is 66.8 Å². The Balaban J connectivity index is 1.74. The van der Waals surface area contributed by atoms with Crippen LogP contribution in [-0.4, -0.2) is 9.97 Å². The average molecular weight is 465 g/mol. The van der Waals surface area contributed by atoms with E-state index in [1.165, 1.54) is 17.4 Å². The highest BCUT2D eigenvalue weighted by molar-refractivity contribution is 7.17. The van der Waals surface area contributed by atoms with Crippen molar-refractivity contribution < 1.29 is 17.9 Å². The molecule has 2 aromatic carbocycles. The Hall–Kier alpha value is -4.15. The van der Waals surface area contributed by atoms with Gasteiger partial charge in [0.05, 0.1) is 34.3 Å². The first-order chi connectivity index (χ1) is 15.7. The van der Waals surface area contributed by atoms with Gasteiger partial charge in [0.25, 0.3) is 0 Å². The number of nitrogens with one attached hydrogen (secondary N) is 1. The van der Waals surface area contributed by atoms with Crippen molar-refractivity contribution in [3.05, 3.63) is 69.6 Å². The van der Waals surface area contributed by atoms with Crippen LogP contribution in [-0.2, 0) is 6.18 Å². The summed E-state index contributed by atoms with van der Waals surface area (Å²) in [6, 6.07) is 12.1. The second kappa shape index (κ2) is 8.41. The molecule has 4 rings (SSSR count). The van der Waals surface area contributed by atoms with Crippen molar-refractivity contribution >= 4 is 33.2 Å². The number of alkyl halides is 3. The molecule has 0 aliphatic rings. The number of ether oxygens (including phenoxy) is 1. The van der Waals surface area contributed by atoms with Gasteiger partial charge < -0.3 is 10.1 Å². The van der Waals surface area contributed by atoms with E-state index in [1.807, 2.05) is 13.8 Å². The molecule has 0 spiro atoms. The number of hydrogen-bond donors (Lipinski definition) is 1. The number of aryl methyl sites for hydroxylation is 2. The van der Waals surface area contributed by atoms with E-state index >= 15 is 0 Å². The lowest BCUT2D eigenvalue weighted by atomic mass is 10.1. The first-order valence-corrected chi connectivity index (χ1v) is 10.4. The van der Waals surface area contributed by atoms with E-state index in [-0.39, 0.29) is 17.5 Å². The molecule has 0 bridgehead atoms. The maximum absolute atomic E-state index is 13.3. The molecule has 2 heterocycles. The molecule has 0 saturated heterocycles. The number of aromatic nitrogens is 2. The molecule has 0 fully saturated rings. The van der Waals surface area contributed by atoms with Gasteiger partial charge in [-0.2, -0.15) is 28.7 Å². The molecule has 164 valence electrons. The number of rotatable bonds is 4. The Kier molecular flexibility index (Phi) is 5.62. The van der Waals surface area contributed by atoms with Crippen molar-refractivity contribution in [3.63, 3.8) is 0 Å². The number of nitrogens with zero attached hydrogens (tertiary/aromatic N) is 4. The second-order valence-electron chi connectivity index (χ2n) is 7.14. The van der Waals surface area contributed by atoms with Crippen molar-refractivity contribution in [2.24, 2.45) is 0 Å². The van der Waals surface area contributed by atoms with Gasteiger partial charge in [-0.25, -0.2) is 4.98 Å². The predicted molar refractivity (Wildman–Crippen MR) is 118 cm³/mol. The van der Waals surface area contributed by atoms with Gasteiger partial charge in [0.15, 0.2) is 0 Å². The number of fused-ring (bicyclic) bond motifs is 1. The summed E-state index contributed by atoms with van der Waals surface area (Å²) in [6.07, 6.45) is -4.68. The average Bonchev–Trinajstić information content (AvgIpc) is 3.24. The van der Waals surface area contributed by atoms with Crippen LogP contribution in [0.5, 0.6) is 11.6 Å². The van der Waals surface area contributed by atoms with Crippen LogP contribution in [0.25, 0.3) is 10.2 Å². The Morgan fingerprint density at radius 1 is 1.00 bits per heavy atom. The van der Waals surface area contributed by atoms with E-state index in [4.69, 9.17) is 15.3 Å². The van der Waals surface area contributed by atoms with Crippen molar-refractivity contribution in [1.29, 1.82) is 10.5 Å². The van der Waals surface area contributed by atoms with Crippen molar-refractivity contribution in [1.82, 2.24) is 9.97 Å². The predicted octanol–water partition coefficient (Wildman–Crippen LogP) is 6.61. The number of nitriles is 2. The lowest BCUT2D eigenvalue weighted by Crippen LogP contribution is -2.09. The van der Waals surface area contributed by atoms with E-state index in [2.05, 4.69) is 21.4 Å². The van der Waals surface area contributed by atoms with Crippen molar-refractivity contribution in [2.75, 3.05) is 5.32 Å². The van der Waals surface area contributed by atoms with E-state index in [1.54, 1.807) is 29.6 Å². The largest absolute Gasteiger partial charge is 0.437 e. The minimum atomic E-state index is -4.68. The van der Waals surface area contributed by atoms with Crippen LogP contribution in [0.1, 0.15) is 27.8 Å². The Morgan fingerprint density at radius 3 is 2.36 bits per heavy atom. The topological polar surface area (TPSA) is 94.6 Å². The Labute approximate surface area is 190 Å². The molecule has 2 aromatic heterocycles. The molecule has 0 aliphatic heterocycles. The molecule has 10 heteroatoms. The molecular weight excluding hydrogens is 451 g/mol. The van der Waals surface area contributed by atoms with Crippen LogP contribution in [0.3, 0.4) is 0 Å². The zero-order valence-corrected chi connectivity index (χ0v) is 18.1. The minimum Gasteiger partial charge on any atom is -0.437 e. The van der Waals surface area contributed by atoms with Crippen molar-refractivity contribution in [3.8, 4) is 23.8 Å². The first-order valence-electron chi connectivity index (χ1n) is 9.52. The highest BCUT2D eigenvalue weighted by Crippen LogP contribution is 2.37. The Morgan fingerprint density at radius 2 is 1.73 bits per heavy atom. The third kappa shape index (κ3) is 4.43. The first kappa shape index (κ1) is 22.1. The molecular formula is C23H14F3N5OS. The van der Waals surface area contributed by atoms with Gasteiger partial charge in [0, 0.05) is 5.69 Å². The van der Waals surface area contributed by atoms with Crippen LogP contribution in [0.4, 0.5) is 24.8 Å². The lowest BCUT2D eigenvalue weighted by Gasteiger charge is -2.14. The summed E-state index contributed by atoms with van der Waals surface area (Å²) in [5.74, 6) is 0.807. The summed E-state index contributed by atoms with van der Waals surface area (Å²) in [5.41, 5.74) is 1.10. The summed E-state index contributed by atoms with van der Waals surface area (Å²) in [7, 11) is 0. The van der Waals surface area contributed by atoms with Crippen molar-refractivity contribution in [2.45, 2.75) is 20.0 Å². The van der Waals surface area contributed by atoms with E-state index in [0.29, 0.717) is 21.5 Å². The minimum absolute atomic E-state index is 0.0395. The van der Waals surface area contributed by atoms with E-state index in [0.717, 1.165) is 23.3 Å². The molecule has 0 atom stereocenters.